The fraction of sp³-hybridized carbons (Fsp3) is 0.600. The largest absolute Gasteiger partial charge is 0.494 e. The highest BCUT2D eigenvalue weighted by Crippen LogP contribution is 2.54. The fourth-order valence-corrected chi connectivity index (χ4v) is 3.79. The molecule has 1 heterocycles. The molecule has 21 heavy (non-hydrogen) atoms. The number of carbonyl (C=O) groups excluding carboxylic acids is 2. The van der Waals surface area contributed by atoms with E-state index in [1.54, 1.807) is 6.08 Å². The van der Waals surface area contributed by atoms with E-state index in [9.17, 15) is 9.59 Å². The van der Waals surface area contributed by atoms with Gasteiger partial charge in [0.1, 0.15) is 6.10 Å². The second-order valence-corrected chi connectivity index (χ2v) is 5.49. The van der Waals surface area contributed by atoms with Gasteiger partial charge in [-0.3, -0.25) is 4.79 Å². The lowest BCUT2D eigenvalue weighted by atomic mass is 9.60. The highest BCUT2D eigenvalue weighted by Gasteiger charge is 2.67. The summed E-state index contributed by atoms with van der Waals surface area (Å²) >= 11 is 0. The van der Waals surface area contributed by atoms with Crippen LogP contribution in [0.5, 0.6) is 0 Å². The standard InChI is InChI=1S/C15H18O6/c1-7-5-8-9-6-10(14(17)18-2)11(12(8)21-7)15(19-3,20-4)13(9)16/h5-6,8-9,11-12H,1-4H3. The number of Topliss-reactive ketones (excluding diaryl/α,β-unsaturated/α-hetero) is 1. The lowest BCUT2D eigenvalue weighted by molar-refractivity contribution is -0.256. The van der Waals surface area contributed by atoms with Crippen LogP contribution in [0.3, 0.4) is 0 Å². The zero-order valence-corrected chi connectivity index (χ0v) is 12.4. The number of methoxy groups -OCH3 is 3. The van der Waals surface area contributed by atoms with Crippen LogP contribution >= 0.6 is 0 Å². The zero-order valence-electron chi connectivity index (χ0n) is 12.4. The average molecular weight is 294 g/mol. The van der Waals surface area contributed by atoms with Crippen LogP contribution in [0.2, 0.25) is 0 Å². The number of ether oxygens (including phenoxy) is 4. The molecule has 0 N–H and O–H groups in total. The average Bonchev–Trinajstić information content (AvgIpc) is 2.89. The summed E-state index contributed by atoms with van der Waals surface area (Å²) in [6, 6.07) is 0. The summed E-state index contributed by atoms with van der Waals surface area (Å²) in [6.07, 6.45) is 3.25. The molecule has 0 amide bonds. The van der Waals surface area contributed by atoms with E-state index < -0.39 is 23.6 Å². The molecule has 1 saturated carbocycles. The van der Waals surface area contributed by atoms with Gasteiger partial charge in [-0.25, -0.2) is 4.79 Å². The maximum Gasteiger partial charge on any atom is 0.334 e. The summed E-state index contributed by atoms with van der Waals surface area (Å²) in [6.45, 7) is 1.83. The van der Waals surface area contributed by atoms with Crippen LogP contribution in [0.15, 0.2) is 23.5 Å². The summed E-state index contributed by atoms with van der Waals surface area (Å²) < 4.78 is 21.5. The molecule has 0 aromatic carbocycles. The molecule has 0 radical (unpaired) electrons. The molecule has 0 spiro atoms. The summed E-state index contributed by atoms with van der Waals surface area (Å²) in [4.78, 5) is 24.8. The molecular formula is C15H18O6. The molecule has 4 atom stereocenters. The number of carbonyl (C=O) groups is 2. The predicted octanol–water partition coefficient (Wildman–Crippen LogP) is 0.822. The molecule has 4 unspecified atom stereocenters. The van der Waals surface area contributed by atoms with Gasteiger partial charge >= 0.3 is 5.97 Å². The van der Waals surface area contributed by atoms with Gasteiger partial charge in [-0.15, -0.1) is 0 Å². The van der Waals surface area contributed by atoms with Gasteiger partial charge in [0, 0.05) is 25.7 Å². The lowest BCUT2D eigenvalue weighted by Crippen LogP contribution is -2.66. The third-order valence-corrected chi connectivity index (χ3v) is 4.65. The van der Waals surface area contributed by atoms with E-state index in [-0.39, 0.29) is 17.8 Å². The normalized spacial score (nSPS) is 35.7. The van der Waals surface area contributed by atoms with E-state index in [0.29, 0.717) is 5.57 Å². The Morgan fingerprint density at radius 1 is 1.24 bits per heavy atom. The molecule has 114 valence electrons. The number of hydrogen-bond acceptors (Lipinski definition) is 6. The number of allylic oxidation sites excluding steroid dienone is 2. The van der Waals surface area contributed by atoms with Gasteiger partial charge in [0.05, 0.1) is 24.7 Å². The summed E-state index contributed by atoms with van der Waals surface area (Å²) in [5.41, 5.74) is 0.384. The minimum Gasteiger partial charge on any atom is -0.494 e. The van der Waals surface area contributed by atoms with Crippen molar-refractivity contribution < 1.29 is 28.5 Å². The third-order valence-electron chi connectivity index (χ3n) is 4.65. The molecule has 0 aromatic heterocycles. The first kappa shape index (κ1) is 14.3. The van der Waals surface area contributed by atoms with Crippen LogP contribution in [-0.4, -0.2) is 45.0 Å². The molecule has 1 aliphatic heterocycles. The SMILES string of the molecule is COC(=O)C1=CC2C(=O)C(OC)(OC)C1C1OC(C)=CC21. The summed E-state index contributed by atoms with van der Waals surface area (Å²) in [5.74, 6) is -2.65. The van der Waals surface area contributed by atoms with E-state index >= 15 is 0 Å². The first-order valence-electron chi connectivity index (χ1n) is 6.80. The van der Waals surface area contributed by atoms with Crippen molar-refractivity contribution in [1.82, 2.24) is 0 Å². The number of ketones is 1. The Labute approximate surface area is 122 Å². The lowest BCUT2D eigenvalue weighted by Gasteiger charge is -2.51. The molecule has 6 heteroatoms. The first-order valence-corrected chi connectivity index (χ1v) is 6.80. The van der Waals surface area contributed by atoms with Crippen LogP contribution < -0.4 is 0 Å². The first-order chi connectivity index (χ1) is 10.00. The monoisotopic (exact) mass is 294 g/mol. The molecule has 4 rings (SSSR count). The topological polar surface area (TPSA) is 71.1 Å². The number of esters is 1. The van der Waals surface area contributed by atoms with Gasteiger partial charge < -0.3 is 18.9 Å². The van der Waals surface area contributed by atoms with Crippen molar-refractivity contribution in [2.75, 3.05) is 21.3 Å². The number of hydrogen-bond donors (Lipinski definition) is 0. The zero-order chi connectivity index (χ0) is 15.4. The van der Waals surface area contributed by atoms with Crippen LogP contribution in [0.4, 0.5) is 0 Å². The summed E-state index contributed by atoms with van der Waals surface area (Å²) in [5, 5.41) is 0. The second-order valence-electron chi connectivity index (χ2n) is 5.49. The predicted molar refractivity (Wildman–Crippen MR) is 71.0 cm³/mol. The van der Waals surface area contributed by atoms with Gasteiger partial charge in [0.25, 0.3) is 0 Å². The van der Waals surface area contributed by atoms with Crippen LogP contribution in [0.1, 0.15) is 6.92 Å². The highest BCUT2D eigenvalue weighted by atomic mass is 16.7. The smallest absolute Gasteiger partial charge is 0.334 e. The van der Waals surface area contributed by atoms with Crippen molar-refractivity contribution in [3.63, 3.8) is 0 Å². The number of fused-ring (bicyclic) bond motifs is 1. The van der Waals surface area contributed by atoms with E-state index in [2.05, 4.69) is 0 Å². The molecule has 3 aliphatic carbocycles. The van der Waals surface area contributed by atoms with Gasteiger partial charge in [0.15, 0.2) is 5.78 Å². The molecule has 6 nitrogen and oxygen atoms in total. The minimum absolute atomic E-state index is 0.0886. The van der Waals surface area contributed by atoms with Crippen molar-refractivity contribution in [3.05, 3.63) is 23.5 Å². The highest BCUT2D eigenvalue weighted by molar-refractivity contribution is 6.00. The third kappa shape index (κ3) is 1.66. The Balaban J connectivity index is 2.15. The Morgan fingerprint density at radius 3 is 2.48 bits per heavy atom. The van der Waals surface area contributed by atoms with E-state index in [4.69, 9.17) is 18.9 Å². The Bertz CT molecular complexity index is 557. The molecular weight excluding hydrogens is 276 g/mol. The van der Waals surface area contributed by atoms with Crippen molar-refractivity contribution in [2.24, 2.45) is 17.8 Å². The van der Waals surface area contributed by atoms with Gasteiger partial charge in [0.2, 0.25) is 5.79 Å². The van der Waals surface area contributed by atoms with Crippen LogP contribution in [0, 0.1) is 17.8 Å². The molecule has 2 bridgehead atoms. The summed E-state index contributed by atoms with van der Waals surface area (Å²) in [7, 11) is 4.12. The maximum atomic E-state index is 12.7. The Hall–Kier alpha value is -1.66. The van der Waals surface area contributed by atoms with Crippen LogP contribution in [-0.2, 0) is 28.5 Å². The van der Waals surface area contributed by atoms with E-state index in [1.807, 2.05) is 13.0 Å². The molecule has 4 aliphatic rings. The van der Waals surface area contributed by atoms with E-state index in [1.165, 1.54) is 21.3 Å². The van der Waals surface area contributed by atoms with Crippen molar-refractivity contribution in [2.45, 2.75) is 18.8 Å². The molecule has 1 fully saturated rings. The second kappa shape index (κ2) is 4.68. The number of rotatable bonds is 3. The minimum atomic E-state index is -1.50. The van der Waals surface area contributed by atoms with Gasteiger partial charge in [-0.05, 0) is 13.0 Å². The van der Waals surface area contributed by atoms with Gasteiger partial charge in [-0.1, -0.05) is 6.08 Å². The van der Waals surface area contributed by atoms with Crippen molar-refractivity contribution >= 4 is 11.8 Å². The maximum absolute atomic E-state index is 12.7. The van der Waals surface area contributed by atoms with Crippen LogP contribution in [0.25, 0.3) is 0 Å². The van der Waals surface area contributed by atoms with Gasteiger partial charge in [-0.2, -0.15) is 0 Å². The molecule has 0 aromatic rings. The quantitative estimate of drug-likeness (QED) is 0.567. The molecule has 0 saturated heterocycles. The van der Waals surface area contributed by atoms with Crippen molar-refractivity contribution in [3.8, 4) is 0 Å². The Kier molecular flexibility index (Phi) is 3.18. The van der Waals surface area contributed by atoms with Crippen molar-refractivity contribution in [1.29, 1.82) is 0 Å². The Morgan fingerprint density at radius 2 is 1.90 bits per heavy atom. The van der Waals surface area contributed by atoms with E-state index in [0.717, 1.165) is 5.76 Å². The fourth-order valence-electron chi connectivity index (χ4n) is 3.79.